The predicted octanol–water partition coefficient (Wildman–Crippen LogP) is 2.48. The summed E-state index contributed by atoms with van der Waals surface area (Å²) in [6.07, 6.45) is 0.634. The van der Waals surface area contributed by atoms with E-state index in [1.54, 1.807) is 13.0 Å². The number of nitrogens with zero attached hydrogens (tertiary/aromatic N) is 4. The Morgan fingerprint density at radius 3 is 2.37 bits per heavy atom. The molecule has 0 fully saturated rings. The van der Waals surface area contributed by atoms with Crippen LogP contribution in [-0.2, 0) is 25.7 Å². The number of fused-ring (bicyclic) bond motifs is 1. The zero-order valence-corrected chi connectivity index (χ0v) is 29.0. The van der Waals surface area contributed by atoms with Crippen molar-refractivity contribution >= 4 is 41.1 Å². The summed E-state index contributed by atoms with van der Waals surface area (Å²) in [5.41, 5.74) is 0.969. The molecule has 2 heterocycles. The van der Waals surface area contributed by atoms with Gasteiger partial charge in [0.25, 0.3) is 5.91 Å². The molecule has 4 N–H and O–H groups in total. The summed E-state index contributed by atoms with van der Waals surface area (Å²) in [5, 5.41) is 16.0. The van der Waals surface area contributed by atoms with Crippen LogP contribution in [-0.4, -0.2) is 88.0 Å². The van der Waals surface area contributed by atoms with E-state index < -0.39 is 41.8 Å². The quantitative estimate of drug-likeness (QED) is 0.315. The molecule has 0 aliphatic carbocycles. The number of hydrogen-bond acceptors (Lipinski definition) is 8. The highest BCUT2D eigenvalue weighted by Crippen LogP contribution is 2.26. The smallest absolute Gasteiger partial charge is 0.254 e. The third-order valence-electron chi connectivity index (χ3n) is 7.83. The zero-order chi connectivity index (χ0) is 35.7. The minimum Gasteiger partial charge on any atom is -0.495 e. The Morgan fingerprint density at radius 2 is 1.69 bits per heavy atom. The Bertz CT molecular complexity index is 1660. The Balaban J connectivity index is 1.64. The maximum absolute atomic E-state index is 13.6. The monoisotopic (exact) mass is 694 g/mol. The Hall–Kier alpha value is -4.98. The Kier molecular flexibility index (Phi) is 12.7. The number of hydrogen-bond donors (Lipinski definition) is 4. The molecule has 15 heteroatoms. The molecule has 14 nitrogen and oxygen atoms in total. The van der Waals surface area contributed by atoms with Gasteiger partial charge in [-0.1, -0.05) is 55.8 Å². The number of halogens is 1. The number of carbonyl (C=O) groups is 5. The summed E-state index contributed by atoms with van der Waals surface area (Å²) in [5.74, 6) is -1.27. The lowest BCUT2D eigenvalue weighted by Gasteiger charge is -2.25. The Labute approximate surface area is 290 Å². The second-order valence-electron chi connectivity index (χ2n) is 12.3. The summed E-state index contributed by atoms with van der Waals surface area (Å²) in [6.45, 7) is 6.81. The van der Waals surface area contributed by atoms with Crippen LogP contribution < -0.4 is 26.0 Å². The molecule has 49 heavy (non-hydrogen) atoms. The third kappa shape index (κ3) is 10.0. The van der Waals surface area contributed by atoms with Crippen molar-refractivity contribution in [3.05, 3.63) is 64.9 Å². The van der Waals surface area contributed by atoms with Gasteiger partial charge < -0.3 is 30.9 Å². The maximum Gasteiger partial charge on any atom is 0.254 e. The summed E-state index contributed by atoms with van der Waals surface area (Å²) in [7, 11) is 1.46. The van der Waals surface area contributed by atoms with Crippen LogP contribution in [0.25, 0.3) is 11.4 Å². The summed E-state index contributed by atoms with van der Waals surface area (Å²) < 4.78 is 6.63. The molecule has 3 atom stereocenters. The van der Waals surface area contributed by atoms with Crippen LogP contribution in [0.3, 0.4) is 0 Å². The zero-order valence-electron chi connectivity index (χ0n) is 28.3. The number of aromatic nitrogens is 3. The number of nitrogens with one attached hydrogen (secondary N) is 4. The molecule has 1 aliphatic rings. The van der Waals surface area contributed by atoms with Gasteiger partial charge in [-0.15, -0.1) is 0 Å². The first-order valence-corrected chi connectivity index (χ1v) is 16.5. The maximum atomic E-state index is 13.6. The van der Waals surface area contributed by atoms with Crippen molar-refractivity contribution in [2.24, 2.45) is 5.92 Å². The van der Waals surface area contributed by atoms with E-state index in [9.17, 15) is 24.0 Å². The van der Waals surface area contributed by atoms with E-state index in [1.807, 2.05) is 44.2 Å². The van der Waals surface area contributed by atoms with Gasteiger partial charge in [0.05, 0.1) is 24.7 Å². The van der Waals surface area contributed by atoms with Crippen LogP contribution in [0, 0.1) is 5.92 Å². The molecule has 4 rings (SSSR count). The highest BCUT2D eigenvalue weighted by atomic mass is 35.5. The van der Waals surface area contributed by atoms with Crippen LogP contribution in [0.2, 0.25) is 5.02 Å². The van der Waals surface area contributed by atoms with Gasteiger partial charge in [0.15, 0.2) is 5.82 Å². The molecule has 262 valence electrons. The van der Waals surface area contributed by atoms with Crippen LogP contribution in [0.4, 0.5) is 0 Å². The first kappa shape index (κ1) is 36.8. The van der Waals surface area contributed by atoms with Crippen molar-refractivity contribution in [2.75, 3.05) is 26.7 Å². The molecule has 0 bridgehead atoms. The van der Waals surface area contributed by atoms with Crippen LogP contribution in [0.15, 0.2) is 48.5 Å². The van der Waals surface area contributed by atoms with Gasteiger partial charge in [0.1, 0.15) is 30.2 Å². The fourth-order valence-corrected chi connectivity index (χ4v) is 5.59. The van der Waals surface area contributed by atoms with Crippen molar-refractivity contribution in [1.29, 1.82) is 0 Å². The third-order valence-corrected chi connectivity index (χ3v) is 8.13. The van der Waals surface area contributed by atoms with E-state index in [1.165, 1.54) is 35.7 Å². The average Bonchev–Trinajstić information content (AvgIpc) is 3.48. The number of carbonyl (C=O) groups excluding carboxylic acids is 5. The molecule has 5 amide bonds. The minimum atomic E-state index is -1.02. The molecule has 0 spiro atoms. The van der Waals surface area contributed by atoms with Gasteiger partial charge in [0, 0.05) is 24.2 Å². The van der Waals surface area contributed by atoms with E-state index >= 15 is 0 Å². The molecule has 2 aromatic carbocycles. The number of rotatable bonds is 5. The largest absolute Gasteiger partial charge is 0.495 e. The summed E-state index contributed by atoms with van der Waals surface area (Å²) in [4.78, 5) is 72.6. The summed E-state index contributed by atoms with van der Waals surface area (Å²) >= 11 is 6.26. The molecular weight excluding hydrogens is 652 g/mol. The van der Waals surface area contributed by atoms with Crippen molar-refractivity contribution in [2.45, 2.75) is 65.2 Å². The van der Waals surface area contributed by atoms with Gasteiger partial charge >= 0.3 is 0 Å². The number of benzene rings is 2. The average molecular weight is 695 g/mol. The van der Waals surface area contributed by atoms with Crippen molar-refractivity contribution in [3.63, 3.8) is 0 Å². The van der Waals surface area contributed by atoms with Crippen molar-refractivity contribution in [1.82, 2.24) is 40.9 Å². The topological polar surface area (TPSA) is 177 Å². The van der Waals surface area contributed by atoms with E-state index in [2.05, 4.69) is 31.3 Å². The molecular formula is C34H43ClN8O6. The highest BCUT2D eigenvalue weighted by molar-refractivity contribution is 6.32. The van der Waals surface area contributed by atoms with Crippen LogP contribution in [0.5, 0.6) is 5.75 Å². The van der Waals surface area contributed by atoms with Crippen molar-refractivity contribution < 1.29 is 28.7 Å². The normalized spacial score (nSPS) is 20.1. The molecule has 3 aromatic rings. The summed E-state index contributed by atoms with van der Waals surface area (Å²) in [6, 6.07) is 11.2. The molecule has 1 aromatic heterocycles. The minimum absolute atomic E-state index is 0.0425. The first-order valence-electron chi connectivity index (χ1n) is 16.2. The van der Waals surface area contributed by atoms with E-state index in [0.29, 0.717) is 30.2 Å². The SMILES string of the molecule is COc1ccc(C(=O)N2CCCNC(=O)Cn3nc(-c4ccccc4)nc3[C@H](C)NC(=O)[C@@H](CC(C)C)NC(=O)[C@@H](C)NC(=O)C2)cc1Cl. The second-order valence-corrected chi connectivity index (χ2v) is 12.7. The van der Waals surface area contributed by atoms with Gasteiger partial charge in [-0.2, -0.15) is 5.10 Å². The molecule has 0 saturated carbocycles. The molecule has 1 aliphatic heterocycles. The molecule has 0 radical (unpaired) electrons. The standard InChI is InChI=1S/C34H43ClN8O6/c1-20(2)16-26-33(47)38-21(3)31-40-30(23-10-7-6-8-11-23)41-43(31)19-28(44)36-14-9-15-42(18-29(45)37-22(4)32(46)39-26)34(48)24-12-13-27(49-5)25(35)17-24/h6-8,10-13,17,20-22,26H,9,14-16,18-19H2,1-5H3,(H,36,44)(H,37,45)(H,38,47)(H,39,46)/t21-,22+,26+/m0/s1. The lowest BCUT2D eigenvalue weighted by Crippen LogP contribution is -2.54. The second kappa shape index (κ2) is 16.9. The molecule has 0 unspecified atom stereocenters. The fourth-order valence-electron chi connectivity index (χ4n) is 5.33. The number of amides is 5. The van der Waals surface area contributed by atoms with Crippen LogP contribution in [0.1, 0.15) is 62.8 Å². The first-order chi connectivity index (χ1) is 23.4. The van der Waals surface area contributed by atoms with Gasteiger partial charge in [-0.25, -0.2) is 9.67 Å². The van der Waals surface area contributed by atoms with Gasteiger partial charge in [0.2, 0.25) is 23.6 Å². The van der Waals surface area contributed by atoms with Gasteiger partial charge in [-0.05, 0) is 50.8 Å². The Morgan fingerprint density at radius 1 is 0.959 bits per heavy atom. The lowest BCUT2D eigenvalue weighted by atomic mass is 10.0. The fraction of sp³-hybridized carbons (Fsp3) is 0.441. The van der Waals surface area contributed by atoms with Crippen LogP contribution >= 0.6 is 11.6 Å². The number of methoxy groups -OCH3 is 1. The molecule has 0 saturated heterocycles. The van der Waals surface area contributed by atoms with Gasteiger partial charge in [-0.3, -0.25) is 24.0 Å². The predicted molar refractivity (Wildman–Crippen MR) is 183 cm³/mol. The van der Waals surface area contributed by atoms with E-state index in [0.717, 1.165) is 5.56 Å². The van der Waals surface area contributed by atoms with Crippen molar-refractivity contribution in [3.8, 4) is 17.1 Å². The van der Waals surface area contributed by atoms with E-state index in [-0.39, 0.29) is 48.6 Å². The lowest BCUT2D eigenvalue weighted by molar-refractivity contribution is -0.132. The number of ether oxygens (including phenoxy) is 1. The highest BCUT2D eigenvalue weighted by Gasteiger charge is 2.29. The van der Waals surface area contributed by atoms with E-state index in [4.69, 9.17) is 16.3 Å².